The number of nitrogens with zero attached hydrogens (tertiary/aromatic N) is 2. The molecule has 31 heavy (non-hydrogen) atoms. The fourth-order valence-electron chi connectivity index (χ4n) is 3.91. The van der Waals surface area contributed by atoms with Gasteiger partial charge in [-0.25, -0.2) is 4.98 Å². The third-order valence-corrected chi connectivity index (χ3v) is 5.71. The van der Waals surface area contributed by atoms with Crippen molar-refractivity contribution >= 4 is 11.7 Å². The number of nitrogen functional groups attached to an aromatic ring is 1. The quantitative estimate of drug-likeness (QED) is 0.600. The van der Waals surface area contributed by atoms with Crippen molar-refractivity contribution in [3.8, 4) is 11.1 Å². The van der Waals surface area contributed by atoms with E-state index in [0.29, 0.717) is 18.0 Å². The average Bonchev–Trinajstić information content (AvgIpc) is 2.77. The van der Waals surface area contributed by atoms with Gasteiger partial charge in [-0.3, -0.25) is 4.79 Å². The molecular weight excluding hydrogens is 392 g/mol. The smallest absolute Gasteiger partial charge is 0.255 e. The van der Waals surface area contributed by atoms with E-state index in [-0.39, 0.29) is 24.2 Å². The van der Waals surface area contributed by atoms with Gasteiger partial charge in [-0.05, 0) is 67.6 Å². The van der Waals surface area contributed by atoms with Gasteiger partial charge >= 0.3 is 0 Å². The molecule has 1 amide bonds. The van der Waals surface area contributed by atoms with E-state index in [1.165, 1.54) is 11.1 Å². The molecule has 0 bridgehead atoms. The normalized spacial score (nSPS) is 15.8. The summed E-state index contributed by atoms with van der Waals surface area (Å²) in [5.74, 6) is 0.412. The molecule has 0 radical (unpaired) electrons. The van der Waals surface area contributed by atoms with Crippen LogP contribution in [0.4, 0.5) is 5.82 Å². The fraction of sp³-hybridized carbons (Fsp3) is 0.500. The Morgan fingerprint density at radius 3 is 2.71 bits per heavy atom. The molecule has 1 aliphatic heterocycles. The van der Waals surface area contributed by atoms with Gasteiger partial charge in [0.15, 0.2) is 0 Å². The average molecular weight is 427 g/mol. The molecule has 168 valence electrons. The van der Waals surface area contributed by atoms with Crippen LogP contribution in [0.2, 0.25) is 0 Å². The number of nitrogens with two attached hydrogens (primary N) is 1. The van der Waals surface area contributed by atoms with Crippen molar-refractivity contribution in [3.05, 3.63) is 47.2 Å². The minimum atomic E-state index is -0.278. The first kappa shape index (κ1) is 23.2. The Kier molecular flexibility index (Phi) is 8.01. The summed E-state index contributed by atoms with van der Waals surface area (Å²) in [6.07, 6.45) is 3.80. The highest BCUT2D eigenvalue weighted by Crippen LogP contribution is 2.33. The Hall–Kier alpha value is -2.48. The standard InChI is InChI=1S/C24H34N4O3/c1-16(15-29)12-27-24(30)22-11-19(13-26-23(22)25)18-4-5-21(17-6-8-31-9-7-17)20(10-18)14-28(2)3/h4-5,10-11,13,16-17,29H,6-9,12,14-15H2,1-3H3,(H2,25,26)(H,27,30). The van der Waals surface area contributed by atoms with Crippen molar-refractivity contribution in [1.82, 2.24) is 15.2 Å². The maximum Gasteiger partial charge on any atom is 0.255 e. The molecule has 0 aliphatic carbocycles. The second-order valence-corrected chi connectivity index (χ2v) is 8.69. The Balaban J connectivity index is 1.90. The van der Waals surface area contributed by atoms with E-state index in [1.807, 2.05) is 6.92 Å². The predicted molar refractivity (Wildman–Crippen MR) is 123 cm³/mol. The number of anilines is 1. The third-order valence-electron chi connectivity index (χ3n) is 5.71. The summed E-state index contributed by atoms with van der Waals surface area (Å²) in [4.78, 5) is 19.0. The zero-order valence-corrected chi connectivity index (χ0v) is 18.7. The number of amides is 1. The van der Waals surface area contributed by atoms with E-state index in [2.05, 4.69) is 47.5 Å². The number of benzene rings is 1. The van der Waals surface area contributed by atoms with Crippen LogP contribution in [0, 0.1) is 5.92 Å². The first-order chi connectivity index (χ1) is 14.9. The SMILES string of the molecule is CC(CO)CNC(=O)c1cc(-c2ccc(C3CCOCC3)c(CN(C)C)c2)cnc1N. The summed E-state index contributed by atoms with van der Waals surface area (Å²) < 4.78 is 5.54. The molecule has 2 aromatic rings. The molecule has 2 heterocycles. The molecule has 1 aliphatic rings. The van der Waals surface area contributed by atoms with Crippen LogP contribution in [0.15, 0.2) is 30.5 Å². The lowest BCUT2D eigenvalue weighted by Crippen LogP contribution is -2.30. The van der Waals surface area contributed by atoms with E-state index in [0.717, 1.165) is 43.7 Å². The Labute approximate surface area is 184 Å². The summed E-state index contributed by atoms with van der Waals surface area (Å²) in [6, 6.07) is 8.31. The molecule has 1 aromatic carbocycles. The van der Waals surface area contributed by atoms with Gasteiger partial charge in [-0.2, -0.15) is 0 Å². The molecule has 3 rings (SSSR count). The largest absolute Gasteiger partial charge is 0.396 e. The zero-order valence-electron chi connectivity index (χ0n) is 18.7. The molecular formula is C24H34N4O3. The second kappa shape index (κ2) is 10.7. The molecule has 7 heteroatoms. The monoisotopic (exact) mass is 426 g/mol. The first-order valence-corrected chi connectivity index (χ1v) is 10.9. The lowest BCUT2D eigenvalue weighted by molar-refractivity contribution is 0.0850. The van der Waals surface area contributed by atoms with E-state index < -0.39 is 0 Å². The number of aliphatic hydroxyl groups is 1. The van der Waals surface area contributed by atoms with E-state index >= 15 is 0 Å². The van der Waals surface area contributed by atoms with Crippen LogP contribution in [-0.2, 0) is 11.3 Å². The van der Waals surface area contributed by atoms with Crippen LogP contribution in [-0.4, -0.2) is 61.4 Å². The van der Waals surface area contributed by atoms with Crippen LogP contribution in [0.5, 0.6) is 0 Å². The number of carbonyl (C=O) groups excluding carboxylic acids is 1. The van der Waals surface area contributed by atoms with Gasteiger partial charge in [-0.1, -0.05) is 19.1 Å². The number of pyridine rings is 1. The maximum atomic E-state index is 12.6. The summed E-state index contributed by atoms with van der Waals surface area (Å²) >= 11 is 0. The third kappa shape index (κ3) is 6.03. The highest BCUT2D eigenvalue weighted by Gasteiger charge is 2.20. The molecule has 1 aromatic heterocycles. The van der Waals surface area contributed by atoms with Gasteiger partial charge in [0.25, 0.3) is 5.91 Å². The van der Waals surface area contributed by atoms with Crippen molar-refractivity contribution in [1.29, 1.82) is 0 Å². The summed E-state index contributed by atoms with van der Waals surface area (Å²) in [6.45, 7) is 4.72. The van der Waals surface area contributed by atoms with Gasteiger partial charge in [0.2, 0.25) is 0 Å². The first-order valence-electron chi connectivity index (χ1n) is 10.9. The number of carbonyl (C=O) groups is 1. The summed E-state index contributed by atoms with van der Waals surface area (Å²) in [5, 5.41) is 12.0. The number of hydrogen-bond donors (Lipinski definition) is 3. The van der Waals surface area contributed by atoms with E-state index in [9.17, 15) is 9.90 Å². The van der Waals surface area contributed by atoms with Gasteiger partial charge in [0.05, 0.1) is 5.56 Å². The number of ether oxygens (including phenoxy) is 1. The number of hydrogen-bond acceptors (Lipinski definition) is 6. The van der Waals surface area contributed by atoms with E-state index in [4.69, 9.17) is 10.5 Å². The van der Waals surface area contributed by atoms with Gasteiger partial charge in [0, 0.05) is 44.7 Å². The lowest BCUT2D eigenvalue weighted by Gasteiger charge is -2.26. The fourth-order valence-corrected chi connectivity index (χ4v) is 3.91. The van der Waals surface area contributed by atoms with Gasteiger partial charge in [0.1, 0.15) is 5.82 Å². The van der Waals surface area contributed by atoms with Crippen LogP contribution in [0.1, 0.15) is 47.2 Å². The van der Waals surface area contributed by atoms with Crippen LogP contribution < -0.4 is 11.1 Å². The highest BCUT2D eigenvalue weighted by atomic mass is 16.5. The molecule has 0 spiro atoms. The Morgan fingerprint density at radius 1 is 1.29 bits per heavy atom. The minimum absolute atomic E-state index is 0.0160. The Morgan fingerprint density at radius 2 is 2.03 bits per heavy atom. The summed E-state index contributed by atoms with van der Waals surface area (Å²) in [7, 11) is 4.14. The van der Waals surface area contributed by atoms with Crippen molar-refractivity contribution < 1.29 is 14.6 Å². The second-order valence-electron chi connectivity index (χ2n) is 8.69. The summed E-state index contributed by atoms with van der Waals surface area (Å²) in [5.41, 5.74) is 10.9. The Bertz CT molecular complexity index is 894. The minimum Gasteiger partial charge on any atom is -0.396 e. The lowest BCUT2D eigenvalue weighted by atomic mass is 9.86. The maximum absolute atomic E-state index is 12.6. The zero-order chi connectivity index (χ0) is 22.4. The van der Waals surface area contributed by atoms with E-state index in [1.54, 1.807) is 12.3 Å². The number of rotatable bonds is 8. The van der Waals surface area contributed by atoms with Gasteiger partial charge < -0.3 is 25.8 Å². The van der Waals surface area contributed by atoms with Crippen molar-refractivity contribution in [2.75, 3.05) is 46.2 Å². The van der Waals surface area contributed by atoms with Crippen molar-refractivity contribution in [2.24, 2.45) is 5.92 Å². The van der Waals surface area contributed by atoms with Crippen molar-refractivity contribution in [2.45, 2.75) is 32.2 Å². The highest BCUT2D eigenvalue weighted by molar-refractivity contribution is 5.99. The molecule has 1 atom stereocenters. The number of aromatic nitrogens is 1. The van der Waals surface area contributed by atoms with Crippen LogP contribution in [0.3, 0.4) is 0 Å². The molecule has 1 unspecified atom stereocenters. The molecule has 1 fully saturated rings. The number of aliphatic hydroxyl groups excluding tert-OH is 1. The van der Waals surface area contributed by atoms with Crippen molar-refractivity contribution in [3.63, 3.8) is 0 Å². The van der Waals surface area contributed by atoms with Gasteiger partial charge in [-0.15, -0.1) is 0 Å². The molecule has 7 nitrogen and oxygen atoms in total. The topological polar surface area (TPSA) is 101 Å². The molecule has 0 saturated carbocycles. The van der Waals surface area contributed by atoms with Crippen LogP contribution in [0.25, 0.3) is 11.1 Å². The predicted octanol–water partition coefficient (Wildman–Crippen LogP) is 2.64. The van der Waals surface area contributed by atoms with Crippen LogP contribution >= 0.6 is 0 Å². The molecule has 4 N–H and O–H groups in total. The molecule has 1 saturated heterocycles. The number of nitrogens with one attached hydrogen (secondary N) is 1.